The lowest BCUT2D eigenvalue weighted by atomic mass is 9.79. The lowest BCUT2D eigenvalue weighted by Gasteiger charge is -2.29. The molecular weight excluding hydrogens is 260 g/mol. The van der Waals surface area contributed by atoms with Crippen LogP contribution in [0.5, 0.6) is 0 Å². The quantitative estimate of drug-likeness (QED) is 0.798. The normalized spacial score (nSPS) is 30.2. The molecule has 0 bridgehead atoms. The predicted octanol–water partition coefficient (Wildman–Crippen LogP) is 3.13. The van der Waals surface area contributed by atoms with E-state index >= 15 is 0 Å². The summed E-state index contributed by atoms with van der Waals surface area (Å²) in [7, 11) is -2.98. The molecule has 2 atom stereocenters. The zero-order valence-corrected chi connectivity index (χ0v) is 12.8. The van der Waals surface area contributed by atoms with E-state index in [2.05, 4.69) is 0 Å². The molecule has 19 heavy (non-hydrogen) atoms. The van der Waals surface area contributed by atoms with Gasteiger partial charge in [0.15, 0.2) is 0 Å². The molecule has 0 saturated heterocycles. The van der Waals surface area contributed by atoms with E-state index in [4.69, 9.17) is 0 Å². The molecule has 0 aromatic rings. The van der Waals surface area contributed by atoms with E-state index in [1.54, 1.807) is 0 Å². The minimum atomic E-state index is -2.98. The SMILES string of the molecule is CS(=O)(=O)C1CCCC(C(=O)CC2CCCCC2)C1. The topological polar surface area (TPSA) is 51.2 Å². The highest BCUT2D eigenvalue weighted by Crippen LogP contribution is 2.33. The largest absolute Gasteiger partial charge is 0.299 e. The summed E-state index contributed by atoms with van der Waals surface area (Å²) in [4.78, 5) is 12.3. The molecule has 0 radical (unpaired) electrons. The zero-order valence-electron chi connectivity index (χ0n) is 11.9. The van der Waals surface area contributed by atoms with Crippen molar-refractivity contribution < 1.29 is 13.2 Å². The van der Waals surface area contributed by atoms with Crippen LogP contribution in [0.15, 0.2) is 0 Å². The van der Waals surface area contributed by atoms with Crippen LogP contribution in [0.3, 0.4) is 0 Å². The second kappa shape index (κ2) is 6.38. The number of hydrogen-bond acceptors (Lipinski definition) is 3. The van der Waals surface area contributed by atoms with Gasteiger partial charge in [0, 0.05) is 18.6 Å². The third-order valence-electron chi connectivity index (χ3n) is 4.90. The van der Waals surface area contributed by atoms with Gasteiger partial charge in [-0.1, -0.05) is 38.5 Å². The van der Waals surface area contributed by atoms with Crippen molar-refractivity contribution in [2.45, 2.75) is 69.5 Å². The Bertz CT molecular complexity index is 407. The van der Waals surface area contributed by atoms with Gasteiger partial charge in [-0.15, -0.1) is 0 Å². The predicted molar refractivity (Wildman–Crippen MR) is 76.8 cm³/mol. The van der Waals surface area contributed by atoms with Gasteiger partial charge in [-0.3, -0.25) is 4.79 Å². The number of Topliss-reactive ketones (excluding diaryl/α,β-unsaturated/α-hetero) is 1. The third-order valence-corrected chi connectivity index (χ3v) is 6.54. The first-order valence-corrected chi connectivity index (χ1v) is 9.64. The van der Waals surface area contributed by atoms with Gasteiger partial charge in [0.2, 0.25) is 0 Å². The first-order valence-electron chi connectivity index (χ1n) is 7.68. The Morgan fingerprint density at radius 1 is 1.00 bits per heavy atom. The van der Waals surface area contributed by atoms with Gasteiger partial charge in [0.05, 0.1) is 5.25 Å². The summed E-state index contributed by atoms with van der Waals surface area (Å²) in [6.07, 6.45) is 11.3. The lowest BCUT2D eigenvalue weighted by molar-refractivity contribution is -0.124. The summed E-state index contributed by atoms with van der Waals surface area (Å²) < 4.78 is 23.3. The fraction of sp³-hybridized carbons (Fsp3) is 0.933. The lowest BCUT2D eigenvalue weighted by Crippen LogP contribution is -2.31. The molecule has 0 amide bonds. The minimum Gasteiger partial charge on any atom is -0.299 e. The van der Waals surface area contributed by atoms with Crippen molar-refractivity contribution in [1.29, 1.82) is 0 Å². The molecule has 3 nitrogen and oxygen atoms in total. The standard InChI is InChI=1S/C15H26O3S/c1-19(17,18)14-9-5-8-13(11-14)15(16)10-12-6-3-2-4-7-12/h12-14H,2-11H2,1H3. The first kappa shape index (κ1) is 15.0. The van der Waals surface area contributed by atoms with Gasteiger partial charge in [-0.25, -0.2) is 8.42 Å². The van der Waals surface area contributed by atoms with Gasteiger partial charge in [-0.2, -0.15) is 0 Å². The minimum absolute atomic E-state index is 0.00963. The highest BCUT2D eigenvalue weighted by Gasteiger charge is 2.33. The number of carbonyl (C=O) groups excluding carboxylic acids is 1. The van der Waals surface area contributed by atoms with Crippen LogP contribution in [0.2, 0.25) is 0 Å². The van der Waals surface area contributed by atoms with Gasteiger partial charge >= 0.3 is 0 Å². The Morgan fingerprint density at radius 2 is 1.68 bits per heavy atom. The second-order valence-corrected chi connectivity index (χ2v) is 8.82. The van der Waals surface area contributed by atoms with Gasteiger partial charge in [0.25, 0.3) is 0 Å². The maximum Gasteiger partial charge on any atom is 0.150 e. The number of rotatable bonds is 4. The Morgan fingerprint density at radius 3 is 2.32 bits per heavy atom. The second-order valence-electron chi connectivity index (χ2n) is 6.49. The molecule has 2 aliphatic rings. The molecule has 0 heterocycles. The summed E-state index contributed by atoms with van der Waals surface area (Å²) in [5.41, 5.74) is 0. The van der Waals surface area contributed by atoms with Gasteiger partial charge in [-0.05, 0) is 25.2 Å². The van der Waals surface area contributed by atoms with E-state index in [1.165, 1.54) is 38.4 Å². The molecule has 0 aromatic heterocycles. The van der Waals surface area contributed by atoms with Crippen LogP contribution in [-0.2, 0) is 14.6 Å². The van der Waals surface area contributed by atoms with Crippen LogP contribution in [0.4, 0.5) is 0 Å². The van der Waals surface area contributed by atoms with E-state index in [0.29, 0.717) is 24.5 Å². The molecule has 0 spiro atoms. The number of hydrogen-bond donors (Lipinski definition) is 0. The fourth-order valence-corrected chi connectivity index (χ4v) is 4.85. The zero-order chi connectivity index (χ0) is 13.9. The van der Waals surface area contributed by atoms with E-state index in [0.717, 1.165) is 19.3 Å². The smallest absolute Gasteiger partial charge is 0.150 e. The molecule has 110 valence electrons. The Labute approximate surface area is 117 Å². The average Bonchev–Trinajstić information content (AvgIpc) is 2.39. The maximum atomic E-state index is 12.3. The van der Waals surface area contributed by atoms with Crippen LogP contribution in [0.25, 0.3) is 0 Å². The molecule has 2 saturated carbocycles. The third kappa shape index (κ3) is 4.30. The van der Waals surface area contributed by atoms with Gasteiger partial charge < -0.3 is 0 Å². The molecule has 2 aliphatic carbocycles. The highest BCUT2D eigenvalue weighted by molar-refractivity contribution is 7.91. The summed E-state index contributed by atoms with van der Waals surface area (Å²) in [5.74, 6) is 0.913. The fourth-order valence-electron chi connectivity index (χ4n) is 3.67. The summed E-state index contributed by atoms with van der Waals surface area (Å²) >= 11 is 0. The maximum absolute atomic E-state index is 12.3. The van der Waals surface area contributed by atoms with Crippen molar-refractivity contribution in [2.24, 2.45) is 11.8 Å². The number of carbonyl (C=O) groups is 1. The molecule has 0 aromatic carbocycles. The first-order chi connectivity index (χ1) is 8.97. The van der Waals surface area contributed by atoms with Gasteiger partial charge in [0.1, 0.15) is 15.6 Å². The number of ketones is 1. The average molecular weight is 286 g/mol. The van der Waals surface area contributed by atoms with E-state index in [-0.39, 0.29) is 11.2 Å². The number of sulfone groups is 1. The van der Waals surface area contributed by atoms with Crippen molar-refractivity contribution in [3.05, 3.63) is 0 Å². The van der Waals surface area contributed by atoms with Crippen molar-refractivity contribution in [3.8, 4) is 0 Å². The van der Waals surface area contributed by atoms with Crippen molar-refractivity contribution in [3.63, 3.8) is 0 Å². The van der Waals surface area contributed by atoms with Crippen molar-refractivity contribution in [1.82, 2.24) is 0 Å². The van der Waals surface area contributed by atoms with Crippen LogP contribution < -0.4 is 0 Å². The van der Waals surface area contributed by atoms with E-state index < -0.39 is 9.84 Å². The van der Waals surface area contributed by atoms with Crippen molar-refractivity contribution in [2.75, 3.05) is 6.26 Å². The van der Waals surface area contributed by atoms with Crippen LogP contribution in [0, 0.1) is 11.8 Å². The van der Waals surface area contributed by atoms with Crippen LogP contribution in [0.1, 0.15) is 64.2 Å². The van der Waals surface area contributed by atoms with E-state index in [1.807, 2.05) is 0 Å². The molecule has 0 N–H and O–H groups in total. The van der Waals surface area contributed by atoms with E-state index in [9.17, 15) is 13.2 Å². The molecule has 2 fully saturated rings. The molecule has 2 unspecified atom stereocenters. The Kier molecular flexibility index (Phi) is 5.04. The molecule has 0 aliphatic heterocycles. The summed E-state index contributed by atoms with van der Waals surface area (Å²) in [6, 6.07) is 0. The molecular formula is C15H26O3S. The Balaban J connectivity index is 1.88. The van der Waals surface area contributed by atoms with Crippen LogP contribution in [-0.4, -0.2) is 25.7 Å². The summed E-state index contributed by atoms with van der Waals surface area (Å²) in [5, 5.41) is -0.276. The highest BCUT2D eigenvalue weighted by atomic mass is 32.2. The Hall–Kier alpha value is -0.380. The molecule has 2 rings (SSSR count). The summed E-state index contributed by atoms with van der Waals surface area (Å²) in [6.45, 7) is 0. The molecule has 4 heteroatoms. The monoisotopic (exact) mass is 286 g/mol. The van der Waals surface area contributed by atoms with Crippen molar-refractivity contribution >= 4 is 15.6 Å². The van der Waals surface area contributed by atoms with Crippen LogP contribution >= 0.6 is 0 Å².